The van der Waals surface area contributed by atoms with Gasteiger partial charge in [0.15, 0.2) is 0 Å². The number of benzene rings is 1. The van der Waals surface area contributed by atoms with Gasteiger partial charge in [-0.2, -0.15) is 0 Å². The van der Waals surface area contributed by atoms with Crippen molar-refractivity contribution in [1.29, 1.82) is 0 Å². The number of carboxylic acid groups (broad SMARTS) is 2. The van der Waals surface area contributed by atoms with Crippen LogP contribution in [0, 0.1) is 0 Å². The number of carbonyl (C=O) groups is 2. The Kier molecular flexibility index (Phi) is 11.2. The van der Waals surface area contributed by atoms with E-state index >= 15 is 0 Å². The van der Waals surface area contributed by atoms with Crippen LogP contribution < -0.4 is 10.2 Å². The minimum Gasteiger partial charge on any atom is -0.549 e. The van der Waals surface area contributed by atoms with E-state index in [1.165, 1.54) is 12.1 Å². The van der Waals surface area contributed by atoms with Crippen LogP contribution in [0.3, 0.4) is 0 Å². The average Bonchev–Trinajstić information content (AvgIpc) is 2.47. The van der Waals surface area contributed by atoms with Crippen molar-refractivity contribution >= 4 is 60.8 Å². The third kappa shape index (κ3) is 5.74. The molecule has 0 saturated carbocycles. The molecule has 5 heteroatoms. The molecule has 0 aromatic heterocycles. The molecule has 4 nitrogen and oxygen atoms in total. The summed E-state index contributed by atoms with van der Waals surface area (Å²) in [5.74, 6) is -3.19. The second-order valence-corrected chi connectivity index (χ2v) is 5.36. The summed E-state index contributed by atoms with van der Waals surface area (Å²) in [5, 5.41) is 23.0. The van der Waals surface area contributed by atoms with Crippen LogP contribution in [0.4, 0.5) is 0 Å². The van der Waals surface area contributed by atoms with Gasteiger partial charge in [0.1, 0.15) is 0 Å². The number of hydrogen-bond donors (Lipinski definition) is 0. The Morgan fingerprint density at radius 3 is 1.91 bits per heavy atom. The summed E-state index contributed by atoms with van der Waals surface area (Å²) in [6, 6.07) is 7.96. The van der Waals surface area contributed by atoms with E-state index in [2.05, 4.69) is 6.92 Å². The van der Waals surface area contributed by atoms with Gasteiger partial charge >= 0.3 is 48.9 Å². The minimum absolute atomic E-state index is 0. The Morgan fingerprint density at radius 2 is 1.41 bits per heavy atom. The number of carbonyl (C=O) groups excluding carboxylic acids is 2. The average molecular weight is 428 g/mol. The predicted molar refractivity (Wildman–Crippen MR) is 81.9 cm³/mol. The van der Waals surface area contributed by atoms with Crippen molar-refractivity contribution in [2.45, 2.75) is 57.3 Å². The van der Waals surface area contributed by atoms with Gasteiger partial charge in [-0.1, -0.05) is 75.8 Å². The molecule has 0 atom stereocenters. The Bertz CT molecular complexity index is 445. The van der Waals surface area contributed by atoms with Crippen LogP contribution in [0.2, 0.25) is 0 Å². The molecular formula is C17H22BaO4. The van der Waals surface area contributed by atoms with Crippen LogP contribution in [0.5, 0.6) is 0 Å². The van der Waals surface area contributed by atoms with E-state index < -0.39 is 17.4 Å². The van der Waals surface area contributed by atoms with Gasteiger partial charge in [-0.25, -0.2) is 0 Å². The van der Waals surface area contributed by atoms with Gasteiger partial charge in [-0.3, -0.25) is 0 Å². The smallest absolute Gasteiger partial charge is 0.549 e. The van der Waals surface area contributed by atoms with Crippen LogP contribution >= 0.6 is 0 Å². The fourth-order valence-electron chi connectivity index (χ4n) is 2.56. The van der Waals surface area contributed by atoms with Crippen molar-refractivity contribution in [2.24, 2.45) is 0 Å². The zero-order valence-corrected chi connectivity index (χ0v) is 17.6. The molecule has 0 aliphatic rings. The Balaban J connectivity index is 0.00000441. The Morgan fingerprint density at radius 1 is 0.909 bits per heavy atom. The van der Waals surface area contributed by atoms with Gasteiger partial charge in [0.05, 0.1) is 17.4 Å². The second-order valence-electron chi connectivity index (χ2n) is 5.36. The molecule has 0 fully saturated rings. The van der Waals surface area contributed by atoms with Crippen molar-refractivity contribution < 1.29 is 19.8 Å². The number of rotatable bonds is 10. The topological polar surface area (TPSA) is 80.3 Å². The van der Waals surface area contributed by atoms with Gasteiger partial charge in [0.2, 0.25) is 0 Å². The summed E-state index contributed by atoms with van der Waals surface area (Å²) < 4.78 is 0. The normalized spacial score (nSPS) is 10.8. The van der Waals surface area contributed by atoms with E-state index in [9.17, 15) is 19.8 Å². The molecule has 0 unspecified atom stereocenters. The first-order chi connectivity index (χ1) is 10.1. The molecule has 1 aromatic carbocycles. The quantitative estimate of drug-likeness (QED) is 0.314. The summed E-state index contributed by atoms with van der Waals surface area (Å²) in [5.41, 5.74) is -1.83. The number of hydrogen-bond acceptors (Lipinski definition) is 4. The third-order valence-electron chi connectivity index (χ3n) is 3.87. The van der Waals surface area contributed by atoms with E-state index in [1.807, 2.05) is 0 Å². The van der Waals surface area contributed by atoms with Gasteiger partial charge in [-0.05, 0) is 12.0 Å². The molecule has 0 spiro atoms. The third-order valence-corrected chi connectivity index (χ3v) is 3.87. The first kappa shape index (κ1) is 21.7. The SMILES string of the molecule is CCCCCCCCC(C(=O)[O-])(C(=O)[O-])c1ccccc1.[Ba+2]. The molecule has 0 heterocycles. The van der Waals surface area contributed by atoms with Gasteiger partial charge in [0, 0.05) is 0 Å². The summed E-state index contributed by atoms with van der Waals surface area (Å²) in [7, 11) is 0. The van der Waals surface area contributed by atoms with Crippen LogP contribution in [0.1, 0.15) is 57.4 Å². The van der Waals surface area contributed by atoms with E-state index in [-0.39, 0.29) is 60.9 Å². The number of unbranched alkanes of at least 4 members (excludes halogenated alkanes) is 5. The number of aliphatic carboxylic acids is 2. The van der Waals surface area contributed by atoms with Crippen molar-refractivity contribution in [1.82, 2.24) is 0 Å². The molecular weight excluding hydrogens is 406 g/mol. The molecule has 0 saturated heterocycles. The summed E-state index contributed by atoms with van der Waals surface area (Å²) in [6.45, 7) is 2.12. The summed E-state index contributed by atoms with van der Waals surface area (Å²) in [6.07, 6.45) is 5.70. The fraction of sp³-hybridized carbons (Fsp3) is 0.529. The zero-order valence-electron chi connectivity index (χ0n) is 13.2. The van der Waals surface area contributed by atoms with Crippen LogP contribution in [-0.4, -0.2) is 60.8 Å². The number of carboxylic acids is 2. The van der Waals surface area contributed by atoms with E-state index in [1.54, 1.807) is 18.2 Å². The summed E-state index contributed by atoms with van der Waals surface area (Å²) >= 11 is 0. The van der Waals surface area contributed by atoms with E-state index in [0.29, 0.717) is 6.42 Å². The predicted octanol–water partition coefficient (Wildman–Crippen LogP) is 0.794. The van der Waals surface area contributed by atoms with Gasteiger partial charge in [-0.15, -0.1) is 0 Å². The van der Waals surface area contributed by atoms with E-state index in [4.69, 9.17) is 0 Å². The Labute approximate surface area is 172 Å². The van der Waals surface area contributed by atoms with Crippen molar-refractivity contribution in [2.75, 3.05) is 0 Å². The first-order valence-electron chi connectivity index (χ1n) is 7.54. The Hall–Kier alpha value is -0.269. The van der Waals surface area contributed by atoms with Crippen LogP contribution in [-0.2, 0) is 15.0 Å². The molecule has 0 bridgehead atoms. The minimum atomic E-state index is -2.05. The molecule has 1 aromatic rings. The second kappa shape index (κ2) is 11.3. The molecule has 0 N–H and O–H groups in total. The monoisotopic (exact) mass is 428 g/mol. The molecule has 1 rings (SSSR count). The zero-order chi connectivity index (χ0) is 15.7. The van der Waals surface area contributed by atoms with E-state index in [0.717, 1.165) is 32.1 Å². The van der Waals surface area contributed by atoms with Crippen molar-refractivity contribution in [3.8, 4) is 0 Å². The molecule has 0 amide bonds. The maximum atomic E-state index is 11.5. The van der Waals surface area contributed by atoms with Crippen molar-refractivity contribution in [3.05, 3.63) is 35.9 Å². The fourth-order valence-corrected chi connectivity index (χ4v) is 2.56. The standard InChI is InChI=1S/C17H24O4.Ba/c1-2-3-4-5-6-10-13-17(15(18)19,16(20)21)14-11-8-7-9-12-14;/h7-9,11-12H,2-6,10,13H2,1H3,(H,18,19)(H,20,21);/q;+2/p-2. The maximum absolute atomic E-state index is 11.5. The van der Waals surface area contributed by atoms with Crippen LogP contribution in [0.15, 0.2) is 30.3 Å². The molecule has 116 valence electrons. The first-order valence-corrected chi connectivity index (χ1v) is 7.54. The van der Waals surface area contributed by atoms with Crippen LogP contribution in [0.25, 0.3) is 0 Å². The molecule has 22 heavy (non-hydrogen) atoms. The molecule has 0 aliphatic heterocycles. The van der Waals surface area contributed by atoms with Gasteiger partial charge < -0.3 is 19.8 Å². The summed E-state index contributed by atoms with van der Waals surface area (Å²) in [4.78, 5) is 23.0. The molecule has 0 radical (unpaired) electrons. The van der Waals surface area contributed by atoms with Gasteiger partial charge in [0.25, 0.3) is 0 Å². The largest absolute Gasteiger partial charge is 2.00 e. The van der Waals surface area contributed by atoms with Crippen molar-refractivity contribution in [3.63, 3.8) is 0 Å². The molecule has 0 aliphatic carbocycles. The maximum Gasteiger partial charge on any atom is 2.00 e.